The fourth-order valence-electron chi connectivity index (χ4n) is 2.25. The van der Waals surface area contributed by atoms with E-state index >= 15 is 0 Å². The predicted octanol–water partition coefficient (Wildman–Crippen LogP) is 2.69. The molecule has 0 spiro atoms. The highest BCUT2D eigenvalue weighted by atomic mass is 35.5. The Bertz CT molecular complexity index is 365. The summed E-state index contributed by atoms with van der Waals surface area (Å²) in [6.45, 7) is 2.68. The minimum absolute atomic E-state index is 0.229. The number of aryl methyl sites for hydroxylation is 1. The molecule has 0 saturated carbocycles. The Morgan fingerprint density at radius 2 is 2.38 bits per heavy atom. The van der Waals surface area contributed by atoms with Gasteiger partial charge in [0.2, 0.25) is 0 Å². The number of aliphatic hydroxyl groups is 1. The van der Waals surface area contributed by atoms with Crippen LogP contribution in [0, 0.1) is 0 Å². The van der Waals surface area contributed by atoms with Crippen LogP contribution in [0.4, 0.5) is 0 Å². The molecule has 2 nitrogen and oxygen atoms in total. The third-order valence-electron chi connectivity index (χ3n) is 3.14. The summed E-state index contributed by atoms with van der Waals surface area (Å²) in [6, 6.07) is 6.55. The maximum Gasteiger partial charge on any atom is 0.0524 e. The summed E-state index contributed by atoms with van der Waals surface area (Å²) in [7, 11) is 0. The molecule has 0 fully saturated rings. The van der Waals surface area contributed by atoms with E-state index < -0.39 is 0 Å². The summed E-state index contributed by atoms with van der Waals surface area (Å²) in [4.78, 5) is 0. The summed E-state index contributed by atoms with van der Waals surface area (Å²) >= 11 is 6.01. The molecule has 2 rings (SSSR count). The van der Waals surface area contributed by atoms with Gasteiger partial charge < -0.3 is 10.4 Å². The first kappa shape index (κ1) is 11.9. The molecule has 2 unspecified atom stereocenters. The van der Waals surface area contributed by atoms with Crippen molar-refractivity contribution in [2.24, 2.45) is 0 Å². The number of fused-ring (bicyclic) bond motifs is 1. The molecule has 3 heteroatoms. The zero-order valence-corrected chi connectivity index (χ0v) is 10.3. The number of hydrogen-bond acceptors (Lipinski definition) is 2. The van der Waals surface area contributed by atoms with Gasteiger partial charge in [0.25, 0.3) is 0 Å². The minimum atomic E-state index is -0.229. The molecule has 2 atom stereocenters. The highest BCUT2D eigenvalue weighted by Gasteiger charge is 2.21. The van der Waals surface area contributed by atoms with Crippen LogP contribution in [-0.4, -0.2) is 17.8 Å². The minimum Gasteiger partial charge on any atom is -0.393 e. The molecule has 0 amide bonds. The maximum atomic E-state index is 9.20. The van der Waals surface area contributed by atoms with Crippen molar-refractivity contribution >= 4 is 11.6 Å². The highest BCUT2D eigenvalue weighted by Crippen LogP contribution is 2.32. The van der Waals surface area contributed by atoms with Gasteiger partial charge in [0, 0.05) is 11.1 Å². The van der Waals surface area contributed by atoms with Gasteiger partial charge in [0.05, 0.1) is 6.10 Å². The second kappa shape index (κ2) is 5.17. The lowest BCUT2D eigenvalue weighted by Gasteiger charge is -2.14. The number of nitrogens with one attached hydrogen (secondary N) is 1. The zero-order chi connectivity index (χ0) is 11.5. The van der Waals surface area contributed by atoms with Gasteiger partial charge in [0.15, 0.2) is 0 Å². The van der Waals surface area contributed by atoms with Crippen LogP contribution in [0.5, 0.6) is 0 Å². The molecule has 0 aromatic heterocycles. The Balaban J connectivity index is 1.97. The molecule has 88 valence electrons. The molecule has 2 N–H and O–H groups in total. The molecular weight excluding hydrogens is 222 g/mol. The second-order valence-electron chi connectivity index (χ2n) is 4.53. The summed E-state index contributed by atoms with van der Waals surface area (Å²) in [5, 5.41) is 13.5. The van der Waals surface area contributed by atoms with Crippen molar-refractivity contribution in [3.05, 3.63) is 34.3 Å². The molecule has 1 aromatic carbocycles. The van der Waals surface area contributed by atoms with E-state index in [9.17, 15) is 5.11 Å². The third kappa shape index (κ3) is 2.76. The van der Waals surface area contributed by atoms with Crippen molar-refractivity contribution in [2.45, 2.75) is 38.3 Å². The average molecular weight is 240 g/mol. The van der Waals surface area contributed by atoms with Crippen molar-refractivity contribution in [1.29, 1.82) is 0 Å². The fraction of sp³-hybridized carbons (Fsp3) is 0.538. The Labute approximate surface area is 102 Å². The average Bonchev–Trinajstić information content (AvgIpc) is 2.60. The van der Waals surface area contributed by atoms with E-state index in [0.29, 0.717) is 6.04 Å². The van der Waals surface area contributed by atoms with Crippen molar-refractivity contribution in [1.82, 2.24) is 5.32 Å². The van der Waals surface area contributed by atoms with Gasteiger partial charge in [-0.1, -0.05) is 17.7 Å². The lowest BCUT2D eigenvalue weighted by atomic mass is 10.1. The monoisotopic (exact) mass is 239 g/mol. The standard InChI is InChI=1S/C13H18ClNO/c1-9(16)6-7-15-13-5-3-10-2-4-11(14)8-12(10)13/h2,4,8-9,13,15-16H,3,5-7H2,1H3. The molecular formula is C13H18ClNO. The van der Waals surface area contributed by atoms with Gasteiger partial charge in [-0.05, 0) is 56.0 Å². The van der Waals surface area contributed by atoms with E-state index in [0.717, 1.165) is 30.8 Å². The molecule has 0 bridgehead atoms. The zero-order valence-electron chi connectivity index (χ0n) is 9.54. The van der Waals surface area contributed by atoms with Crippen LogP contribution < -0.4 is 5.32 Å². The van der Waals surface area contributed by atoms with Crippen LogP contribution in [0.3, 0.4) is 0 Å². The van der Waals surface area contributed by atoms with Crippen LogP contribution in [0.15, 0.2) is 18.2 Å². The summed E-state index contributed by atoms with van der Waals surface area (Å²) in [5.74, 6) is 0. The number of hydrogen-bond donors (Lipinski definition) is 2. The molecule has 0 saturated heterocycles. The summed E-state index contributed by atoms with van der Waals surface area (Å²) in [5.41, 5.74) is 2.73. The Hall–Kier alpha value is -0.570. The van der Waals surface area contributed by atoms with Crippen molar-refractivity contribution in [2.75, 3.05) is 6.54 Å². The van der Waals surface area contributed by atoms with E-state index in [2.05, 4.69) is 17.4 Å². The van der Waals surface area contributed by atoms with Gasteiger partial charge in [-0.25, -0.2) is 0 Å². The largest absolute Gasteiger partial charge is 0.393 e. The number of benzene rings is 1. The maximum absolute atomic E-state index is 9.20. The van der Waals surface area contributed by atoms with Crippen LogP contribution in [0.25, 0.3) is 0 Å². The van der Waals surface area contributed by atoms with E-state index in [4.69, 9.17) is 11.6 Å². The Morgan fingerprint density at radius 3 is 3.12 bits per heavy atom. The first-order valence-electron chi connectivity index (χ1n) is 5.86. The number of aliphatic hydroxyl groups excluding tert-OH is 1. The topological polar surface area (TPSA) is 32.3 Å². The molecule has 1 aliphatic rings. The second-order valence-corrected chi connectivity index (χ2v) is 4.96. The molecule has 0 radical (unpaired) electrons. The SMILES string of the molecule is CC(O)CCNC1CCc2ccc(Cl)cc21. The van der Waals surface area contributed by atoms with Gasteiger partial charge in [0.1, 0.15) is 0 Å². The van der Waals surface area contributed by atoms with Gasteiger partial charge in [-0.2, -0.15) is 0 Å². The highest BCUT2D eigenvalue weighted by molar-refractivity contribution is 6.30. The molecule has 1 aromatic rings. The van der Waals surface area contributed by atoms with Gasteiger partial charge in [-0.3, -0.25) is 0 Å². The summed E-state index contributed by atoms with van der Waals surface area (Å²) in [6.07, 6.45) is 2.83. The first-order chi connectivity index (χ1) is 7.66. The third-order valence-corrected chi connectivity index (χ3v) is 3.37. The molecule has 16 heavy (non-hydrogen) atoms. The first-order valence-corrected chi connectivity index (χ1v) is 6.24. The van der Waals surface area contributed by atoms with Crippen LogP contribution in [0.2, 0.25) is 5.02 Å². The molecule has 0 heterocycles. The van der Waals surface area contributed by atoms with Crippen LogP contribution >= 0.6 is 11.6 Å². The van der Waals surface area contributed by atoms with E-state index in [1.165, 1.54) is 11.1 Å². The predicted molar refractivity (Wildman–Crippen MR) is 66.8 cm³/mol. The summed E-state index contributed by atoms with van der Waals surface area (Å²) < 4.78 is 0. The Morgan fingerprint density at radius 1 is 1.56 bits per heavy atom. The van der Waals surface area contributed by atoms with Crippen molar-refractivity contribution < 1.29 is 5.11 Å². The van der Waals surface area contributed by atoms with E-state index in [-0.39, 0.29) is 6.10 Å². The molecule has 0 aliphatic heterocycles. The van der Waals surface area contributed by atoms with E-state index in [1.807, 2.05) is 13.0 Å². The Kier molecular flexibility index (Phi) is 3.85. The molecule has 1 aliphatic carbocycles. The lowest BCUT2D eigenvalue weighted by Crippen LogP contribution is -2.23. The fourth-order valence-corrected chi connectivity index (χ4v) is 2.43. The number of rotatable bonds is 4. The van der Waals surface area contributed by atoms with Crippen molar-refractivity contribution in [3.8, 4) is 0 Å². The van der Waals surface area contributed by atoms with Crippen LogP contribution in [-0.2, 0) is 6.42 Å². The van der Waals surface area contributed by atoms with E-state index in [1.54, 1.807) is 0 Å². The smallest absolute Gasteiger partial charge is 0.0524 e. The number of halogens is 1. The van der Waals surface area contributed by atoms with Gasteiger partial charge in [-0.15, -0.1) is 0 Å². The normalized spacial score (nSPS) is 20.8. The quantitative estimate of drug-likeness (QED) is 0.847. The van der Waals surface area contributed by atoms with Crippen LogP contribution in [0.1, 0.15) is 36.9 Å². The lowest BCUT2D eigenvalue weighted by molar-refractivity contribution is 0.182. The van der Waals surface area contributed by atoms with Gasteiger partial charge >= 0.3 is 0 Å². The van der Waals surface area contributed by atoms with Crippen molar-refractivity contribution in [3.63, 3.8) is 0 Å².